The second-order valence-corrected chi connectivity index (χ2v) is 8.25. The average Bonchev–Trinajstić information content (AvgIpc) is 3.45. The number of amides is 2. The van der Waals surface area contributed by atoms with Crippen molar-refractivity contribution in [3.8, 4) is 10.7 Å². The van der Waals surface area contributed by atoms with Crippen LogP contribution in [0.1, 0.15) is 61.8 Å². The predicted octanol–water partition coefficient (Wildman–Crippen LogP) is 3.66. The number of carbonyl (C=O) groups excluding carboxylic acids is 2. The molecule has 2 aromatic heterocycles. The zero-order valence-corrected chi connectivity index (χ0v) is 16.4. The van der Waals surface area contributed by atoms with Gasteiger partial charge in [0.05, 0.1) is 23.5 Å². The van der Waals surface area contributed by atoms with E-state index in [4.69, 9.17) is 5.21 Å². The molecule has 2 N–H and O–H groups in total. The number of fused-ring (bicyclic) bond motifs is 5. The fourth-order valence-electron chi connectivity index (χ4n) is 4.39. The molecule has 3 aromatic rings. The summed E-state index contributed by atoms with van der Waals surface area (Å²) in [6.45, 7) is 1.85. The van der Waals surface area contributed by atoms with Crippen LogP contribution in [0.4, 0.5) is 0 Å². The summed E-state index contributed by atoms with van der Waals surface area (Å²) >= 11 is 1.37. The number of nitrogens with zero attached hydrogens (tertiary/aromatic N) is 3. The van der Waals surface area contributed by atoms with Crippen LogP contribution in [-0.4, -0.2) is 31.9 Å². The highest BCUT2D eigenvalue weighted by molar-refractivity contribution is 7.17. The number of carbonyl (C=O) groups is 2. The number of hydrogen-bond acceptors (Lipinski definition) is 6. The SMILES string of the molecule is Cc1nc(-c2ccccn2)sc1C(=O)N1C2CCC1c1cc(C(=O)NO)ccc12. The van der Waals surface area contributed by atoms with E-state index in [1.54, 1.807) is 23.8 Å². The Balaban J connectivity index is 1.49. The van der Waals surface area contributed by atoms with Gasteiger partial charge in [0.25, 0.3) is 11.8 Å². The van der Waals surface area contributed by atoms with Gasteiger partial charge in [0.2, 0.25) is 0 Å². The summed E-state index contributed by atoms with van der Waals surface area (Å²) in [5.74, 6) is -0.578. The molecule has 0 aliphatic carbocycles. The standard InChI is InChI=1S/C21H18N4O3S/c1-11-18(29-20(23-11)15-4-2-3-9-22-15)21(27)25-16-7-8-17(25)14-10-12(19(26)24-28)5-6-13(14)16/h2-6,9-10,16-17,28H,7-8H2,1H3,(H,24,26). The third-order valence-electron chi connectivity index (χ3n) is 5.66. The van der Waals surface area contributed by atoms with Crippen molar-refractivity contribution in [2.75, 3.05) is 0 Å². The summed E-state index contributed by atoms with van der Waals surface area (Å²) in [5.41, 5.74) is 5.59. The number of aryl methyl sites for hydroxylation is 1. The third-order valence-corrected chi connectivity index (χ3v) is 6.83. The van der Waals surface area contributed by atoms with Gasteiger partial charge in [-0.2, -0.15) is 0 Å². The van der Waals surface area contributed by atoms with E-state index >= 15 is 0 Å². The van der Waals surface area contributed by atoms with Crippen molar-refractivity contribution < 1.29 is 14.8 Å². The normalized spacial score (nSPS) is 19.3. The molecule has 1 saturated heterocycles. The Labute approximate surface area is 171 Å². The van der Waals surface area contributed by atoms with Crippen molar-refractivity contribution in [1.82, 2.24) is 20.3 Å². The van der Waals surface area contributed by atoms with Crippen LogP contribution in [0.15, 0.2) is 42.6 Å². The van der Waals surface area contributed by atoms with Crippen LogP contribution < -0.4 is 5.48 Å². The second kappa shape index (κ2) is 6.75. The van der Waals surface area contributed by atoms with Gasteiger partial charge in [-0.3, -0.25) is 19.8 Å². The number of hydrogen-bond donors (Lipinski definition) is 2. The van der Waals surface area contributed by atoms with E-state index in [1.807, 2.05) is 36.1 Å². The summed E-state index contributed by atoms with van der Waals surface area (Å²) in [6.07, 6.45) is 3.48. The molecule has 1 fully saturated rings. The van der Waals surface area contributed by atoms with Crippen LogP contribution >= 0.6 is 11.3 Å². The minimum absolute atomic E-state index is 0.00791. The van der Waals surface area contributed by atoms with Gasteiger partial charge >= 0.3 is 0 Å². The van der Waals surface area contributed by atoms with Crippen LogP contribution in [0.2, 0.25) is 0 Å². The number of aromatic nitrogens is 2. The van der Waals surface area contributed by atoms with Gasteiger partial charge in [0.1, 0.15) is 9.88 Å². The molecule has 2 bridgehead atoms. The summed E-state index contributed by atoms with van der Waals surface area (Å²) in [4.78, 5) is 36.7. The Bertz CT molecular complexity index is 1130. The van der Waals surface area contributed by atoms with Crippen LogP contribution in [0, 0.1) is 6.92 Å². The molecule has 2 atom stereocenters. The molecule has 2 aliphatic rings. The lowest BCUT2D eigenvalue weighted by Crippen LogP contribution is -2.27. The van der Waals surface area contributed by atoms with Crippen molar-refractivity contribution in [3.63, 3.8) is 0 Å². The van der Waals surface area contributed by atoms with Gasteiger partial charge in [-0.1, -0.05) is 12.1 Å². The van der Waals surface area contributed by atoms with Crippen molar-refractivity contribution in [2.24, 2.45) is 0 Å². The number of nitrogens with one attached hydrogen (secondary N) is 1. The Morgan fingerprint density at radius 1 is 1.17 bits per heavy atom. The van der Waals surface area contributed by atoms with E-state index < -0.39 is 5.91 Å². The van der Waals surface area contributed by atoms with Crippen LogP contribution in [0.5, 0.6) is 0 Å². The number of benzene rings is 1. The molecule has 2 unspecified atom stereocenters. The highest BCUT2D eigenvalue weighted by atomic mass is 32.1. The molecule has 7 nitrogen and oxygen atoms in total. The number of pyridine rings is 1. The Morgan fingerprint density at radius 3 is 2.69 bits per heavy atom. The molecule has 1 aromatic carbocycles. The van der Waals surface area contributed by atoms with E-state index in [0.29, 0.717) is 16.1 Å². The number of rotatable bonds is 3. The van der Waals surface area contributed by atoms with E-state index in [2.05, 4.69) is 9.97 Å². The molecular formula is C21H18N4O3S. The van der Waals surface area contributed by atoms with E-state index in [-0.39, 0.29) is 18.0 Å². The topological polar surface area (TPSA) is 95.4 Å². The molecule has 2 amide bonds. The molecule has 4 heterocycles. The first-order valence-corrected chi connectivity index (χ1v) is 10.2. The van der Waals surface area contributed by atoms with Gasteiger partial charge in [0, 0.05) is 11.8 Å². The second-order valence-electron chi connectivity index (χ2n) is 7.25. The van der Waals surface area contributed by atoms with Gasteiger partial charge < -0.3 is 4.90 Å². The summed E-state index contributed by atoms with van der Waals surface area (Å²) in [5, 5.41) is 9.64. The minimum Gasteiger partial charge on any atom is -0.324 e. The van der Waals surface area contributed by atoms with Crippen LogP contribution in [0.3, 0.4) is 0 Å². The van der Waals surface area contributed by atoms with Crippen molar-refractivity contribution in [1.29, 1.82) is 0 Å². The first-order chi connectivity index (χ1) is 14.1. The number of thiazole rings is 1. The highest BCUT2D eigenvalue weighted by Crippen LogP contribution is 2.54. The summed E-state index contributed by atoms with van der Waals surface area (Å²) in [6, 6.07) is 10.9. The molecular weight excluding hydrogens is 388 g/mol. The first kappa shape index (κ1) is 18.0. The van der Waals surface area contributed by atoms with Crippen molar-refractivity contribution in [2.45, 2.75) is 31.8 Å². The molecule has 0 radical (unpaired) electrons. The highest BCUT2D eigenvalue weighted by Gasteiger charge is 2.47. The lowest BCUT2D eigenvalue weighted by atomic mass is 9.90. The molecule has 0 spiro atoms. The predicted molar refractivity (Wildman–Crippen MR) is 107 cm³/mol. The molecule has 0 saturated carbocycles. The fourth-order valence-corrected chi connectivity index (χ4v) is 5.38. The third kappa shape index (κ3) is 2.75. The zero-order valence-electron chi connectivity index (χ0n) is 15.6. The van der Waals surface area contributed by atoms with E-state index in [9.17, 15) is 9.59 Å². The van der Waals surface area contributed by atoms with Gasteiger partial charge in [0.15, 0.2) is 0 Å². The maximum absolute atomic E-state index is 13.5. The average molecular weight is 406 g/mol. The first-order valence-electron chi connectivity index (χ1n) is 9.38. The van der Waals surface area contributed by atoms with Crippen LogP contribution in [-0.2, 0) is 0 Å². The molecule has 29 heavy (non-hydrogen) atoms. The van der Waals surface area contributed by atoms with Gasteiger partial charge in [-0.25, -0.2) is 10.5 Å². The van der Waals surface area contributed by atoms with Gasteiger partial charge in [-0.05, 0) is 55.2 Å². The van der Waals surface area contributed by atoms with Gasteiger partial charge in [-0.15, -0.1) is 11.3 Å². The Kier molecular flexibility index (Phi) is 4.18. The molecule has 5 rings (SSSR count). The lowest BCUT2D eigenvalue weighted by molar-refractivity contribution is 0.0699. The minimum atomic E-state index is -0.549. The molecule has 146 valence electrons. The summed E-state index contributed by atoms with van der Waals surface area (Å²) in [7, 11) is 0. The molecule has 8 heteroatoms. The Morgan fingerprint density at radius 2 is 1.97 bits per heavy atom. The van der Waals surface area contributed by atoms with Crippen LogP contribution in [0.25, 0.3) is 10.7 Å². The maximum atomic E-state index is 13.5. The van der Waals surface area contributed by atoms with E-state index in [0.717, 1.165) is 34.7 Å². The number of hydroxylamine groups is 1. The monoisotopic (exact) mass is 406 g/mol. The summed E-state index contributed by atoms with van der Waals surface area (Å²) < 4.78 is 0. The fraction of sp³-hybridized carbons (Fsp3) is 0.238. The lowest BCUT2D eigenvalue weighted by Gasteiger charge is -2.22. The smallest absolute Gasteiger partial charge is 0.274 e. The largest absolute Gasteiger partial charge is 0.324 e. The quantitative estimate of drug-likeness (QED) is 0.511. The Hall–Kier alpha value is -3.10. The van der Waals surface area contributed by atoms with Crippen molar-refractivity contribution in [3.05, 3.63) is 69.9 Å². The maximum Gasteiger partial charge on any atom is 0.274 e. The zero-order chi connectivity index (χ0) is 20.1. The van der Waals surface area contributed by atoms with Crippen molar-refractivity contribution >= 4 is 23.2 Å². The molecule has 2 aliphatic heterocycles. The van der Waals surface area contributed by atoms with E-state index in [1.165, 1.54) is 11.3 Å².